The first-order valence-corrected chi connectivity index (χ1v) is 19.9. The summed E-state index contributed by atoms with van der Waals surface area (Å²) < 4.78 is 0. The highest BCUT2D eigenvalue weighted by molar-refractivity contribution is 5.88. The monoisotopic (exact) mass is 754 g/mol. The van der Waals surface area contributed by atoms with Crippen LogP contribution in [0.15, 0.2) is 194 Å². The number of hydrogen-bond donors (Lipinski definition) is 0. The molecule has 7 aromatic carbocycles. The van der Waals surface area contributed by atoms with Crippen LogP contribution in [0.25, 0.3) is 89.5 Å². The molecule has 0 N–H and O–H groups in total. The van der Waals surface area contributed by atoms with Gasteiger partial charge in [-0.15, -0.1) is 0 Å². The predicted molar refractivity (Wildman–Crippen MR) is 240 cm³/mol. The minimum atomic E-state index is -0.336. The molecule has 4 heteroatoms. The molecule has 0 saturated heterocycles. The molecule has 1 aliphatic rings. The molecule has 0 fully saturated rings. The number of fused-ring (bicyclic) bond motifs is 3. The van der Waals surface area contributed by atoms with E-state index < -0.39 is 0 Å². The van der Waals surface area contributed by atoms with Crippen LogP contribution in [0, 0.1) is 11.3 Å². The van der Waals surface area contributed by atoms with Crippen molar-refractivity contribution < 1.29 is 0 Å². The van der Waals surface area contributed by atoms with E-state index >= 15 is 0 Å². The third kappa shape index (κ3) is 6.59. The van der Waals surface area contributed by atoms with Gasteiger partial charge in [0, 0.05) is 34.5 Å². The third-order valence-corrected chi connectivity index (χ3v) is 11.6. The topological polar surface area (TPSA) is 62.5 Å². The van der Waals surface area contributed by atoms with Crippen LogP contribution in [-0.4, -0.2) is 15.0 Å². The summed E-state index contributed by atoms with van der Waals surface area (Å²) in [7, 11) is 0. The molecule has 0 radical (unpaired) electrons. The van der Waals surface area contributed by atoms with Crippen molar-refractivity contribution in [3.8, 4) is 95.6 Å². The van der Waals surface area contributed by atoms with Gasteiger partial charge in [0.2, 0.25) is 0 Å². The fourth-order valence-electron chi connectivity index (χ4n) is 8.57. The van der Waals surface area contributed by atoms with Crippen molar-refractivity contribution in [2.75, 3.05) is 0 Å². The number of hydrogen-bond acceptors (Lipinski definition) is 4. The van der Waals surface area contributed by atoms with Gasteiger partial charge < -0.3 is 0 Å². The number of rotatable bonds is 7. The summed E-state index contributed by atoms with van der Waals surface area (Å²) in [6, 6.07) is 66.2. The van der Waals surface area contributed by atoms with Gasteiger partial charge in [0.1, 0.15) is 0 Å². The van der Waals surface area contributed by atoms with Crippen LogP contribution in [0.2, 0.25) is 0 Å². The Bertz CT molecular complexity index is 3040. The summed E-state index contributed by atoms with van der Waals surface area (Å²) in [6.07, 6.45) is 3.70. The molecular formula is C55H38N4. The Morgan fingerprint density at radius 1 is 0.424 bits per heavy atom. The lowest BCUT2D eigenvalue weighted by Gasteiger charge is -2.23. The van der Waals surface area contributed by atoms with Crippen LogP contribution in [0.3, 0.4) is 0 Å². The molecule has 0 unspecified atom stereocenters. The van der Waals surface area contributed by atoms with Crippen molar-refractivity contribution in [1.29, 1.82) is 5.26 Å². The minimum absolute atomic E-state index is 0.336. The maximum absolute atomic E-state index is 10.1. The molecule has 2 aromatic heterocycles. The Balaban J connectivity index is 1.14. The van der Waals surface area contributed by atoms with Crippen molar-refractivity contribution >= 4 is 0 Å². The van der Waals surface area contributed by atoms with Crippen molar-refractivity contribution in [1.82, 2.24) is 15.0 Å². The molecule has 4 nitrogen and oxygen atoms in total. The third-order valence-electron chi connectivity index (χ3n) is 11.6. The largest absolute Gasteiger partial charge is 0.264 e. The number of benzene rings is 7. The quantitative estimate of drug-likeness (QED) is 0.163. The van der Waals surface area contributed by atoms with Gasteiger partial charge in [0.15, 0.2) is 5.82 Å². The first-order chi connectivity index (χ1) is 28.9. The zero-order valence-electron chi connectivity index (χ0n) is 32.8. The van der Waals surface area contributed by atoms with E-state index in [9.17, 15) is 5.26 Å². The highest BCUT2D eigenvalue weighted by atomic mass is 14.9. The average Bonchev–Trinajstić information content (AvgIpc) is 3.55. The van der Waals surface area contributed by atoms with Gasteiger partial charge in [-0.1, -0.05) is 153 Å². The summed E-state index contributed by atoms with van der Waals surface area (Å²) in [6.45, 7) is 4.46. The van der Waals surface area contributed by atoms with E-state index in [1.807, 2.05) is 48.7 Å². The van der Waals surface area contributed by atoms with E-state index in [4.69, 9.17) is 9.97 Å². The Kier molecular flexibility index (Phi) is 8.85. The molecule has 2 heterocycles. The maximum Gasteiger partial charge on any atom is 0.160 e. The first-order valence-electron chi connectivity index (χ1n) is 19.9. The van der Waals surface area contributed by atoms with Gasteiger partial charge in [-0.05, 0) is 109 Å². The molecule has 0 saturated carbocycles. The maximum atomic E-state index is 10.1. The SMILES string of the molecule is CC1(C)c2cc(-c3cc(-c4ccc(-c5cccnc5)cc4)cc(-c4cc(-c5ccc(-c6ccccc6)cc5)nc(-c5ccccc5)n4)c3)ccc2-c2cccc(C#N)c21. The van der Waals surface area contributed by atoms with Crippen LogP contribution in [0.1, 0.15) is 30.5 Å². The van der Waals surface area contributed by atoms with Gasteiger partial charge in [0.05, 0.1) is 23.0 Å². The Hall–Kier alpha value is -7.74. The van der Waals surface area contributed by atoms with Gasteiger partial charge >= 0.3 is 0 Å². The van der Waals surface area contributed by atoms with E-state index in [0.29, 0.717) is 5.82 Å². The Labute approximate surface area is 344 Å². The van der Waals surface area contributed by atoms with Crippen LogP contribution >= 0.6 is 0 Å². The van der Waals surface area contributed by atoms with Crippen molar-refractivity contribution in [3.63, 3.8) is 0 Å². The molecule has 0 atom stereocenters. The van der Waals surface area contributed by atoms with E-state index in [1.165, 1.54) is 16.7 Å². The fraction of sp³-hybridized carbons (Fsp3) is 0.0545. The van der Waals surface area contributed by atoms with Gasteiger partial charge in [-0.2, -0.15) is 5.26 Å². The number of aromatic nitrogens is 3. The van der Waals surface area contributed by atoms with Gasteiger partial charge in [-0.3, -0.25) is 4.98 Å². The van der Waals surface area contributed by atoms with Crippen LogP contribution in [-0.2, 0) is 5.41 Å². The first kappa shape index (κ1) is 35.7. The highest BCUT2D eigenvalue weighted by Gasteiger charge is 2.37. The number of nitriles is 1. The molecule has 10 rings (SSSR count). The molecule has 1 aliphatic carbocycles. The zero-order valence-corrected chi connectivity index (χ0v) is 32.8. The molecule has 59 heavy (non-hydrogen) atoms. The molecule has 9 aromatic rings. The zero-order chi connectivity index (χ0) is 39.9. The van der Waals surface area contributed by atoms with Crippen LogP contribution in [0.4, 0.5) is 0 Å². The van der Waals surface area contributed by atoms with Gasteiger partial charge in [-0.25, -0.2) is 9.97 Å². The minimum Gasteiger partial charge on any atom is -0.264 e. The Morgan fingerprint density at radius 3 is 1.63 bits per heavy atom. The smallest absolute Gasteiger partial charge is 0.160 e. The lowest BCUT2D eigenvalue weighted by atomic mass is 9.79. The van der Waals surface area contributed by atoms with E-state index in [-0.39, 0.29) is 5.41 Å². The summed E-state index contributed by atoms with van der Waals surface area (Å²) in [4.78, 5) is 14.8. The molecule has 0 amide bonds. The van der Waals surface area contributed by atoms with Crippen LogP contribution < -0.4 is 0 Å². The van der Waals surface area contributed by atoms with E-state index in [2.05, 4.69) is 164 Å². The van der Waals surface area contributed by atoms with Gasteiger partial charge in [0.25, 0.3) is 0 Å². The summed E-state index contributed by atoms with van der Waals surface area (Å²) in [5.41, 5.74) is 18.6. The molecule has 278 valence electrons. The second-order valence-electron chi connectivity index (χ2n) is 15.6. The number of nitrogens with zero attached hydrogens (tertiary/aromatic N) is 4. The standard InChI is InChI=1S/C55H38N4/c1-55(2)50-32-42(26-27-48(50)49-17-9-15-43(34-56)53(49)55)46-29-45(39-20-18-38(19-21-39)44-16-10-28-57-35-44)30-47(31-46)52-33-51(58-54(59-52)41-13-7-4-8-14-41)40-24-22-37(23-25-40)36-11-5-3-6-12-36/h3-33,35H,1-2H3. The normalized spacial score (nSPS) is 12.4. The van der Waals surface area contributed by atoms with E-state index in [0.717, 1.165) is 83.7 Å². The van der Waals surface area contributed by atoms with Crippen molar-refractivity contribution in [2.24, 2.45) is 0 Å². The number of pyridine rings is 1. The predicted octanol–water partition coefficient (Wildman–Crippen LogP) is 13.7. The second-order valence-corrected chi connectivity index (χ2v) is 15.6. The van der Waals surface area contributed by atoms with Crippen molar-refractivity contribution in [2.45, 2.75) is 19.3 Å². The average molecular weight is 755 g/mol. The van der Waals surface area contributed by atoms with E-state index in [1.54, 1.807) is 6.20 Å². The fourth-order valence-corrected chi connectivity index (χ4v) is 8.57. The summed E-state index contributed by atoms with van der Waals surface area (Å²) >= 11 is 0. The lowest BCUT2D eigenvalue weighted by Crippen LogP contribution is -2.16. The van der Waals surface area contributed by atoms with Crippen molar-refractivity contribution in [3.05, 3.63) is 211 Å². The lowest BCUT2D eigenvalue weighted by molar-refractivity contribution is 0.658. The molecular weight excluding hydrogens is 717 g/mol. The molecule has 0 aliphatic heterocycles. The summed E-state index contributed by atoms with van der Waals surface area (Å²) in [5.74, 6) is 0.670. The summed E-state index contributed by atoms with van der Waals surface area (Å²) in [5, 5.41) is 10.1. The Morgan fingerprint density at radius 2 is 0.966 bits per heavy atom. The second kappa shape index (κ2) is 14.6. The molecule has 0 bridgehead atoms. The highest BCUT2D eigenvalue weighted by Crippen LogP contribution is 2.51. The van der Waals surface area contributed by atoms with Crippen LogP contribution in [0.5, 0.6) is 0 Å². The molecule has 0 spiro atoms.